The molecule has 7 heteroatoms. The molecule has 0 spiro atoms. The quantitative estimate of drug-likeness (QED) is 0.769. The van der Waals surface area contributed by atoms with Gasteiger partial charge in [-0.05, 0) is 44.0 Å². The number of esters is 1. The maximum Gasteiger partial charge on any atom is 0.324 e. The van der Waals surface area contributed by atoms with Gasteiger partial charge in [0.05, 0.1) is 18.6 Å². The number of hydrogen-bond donors (Lipinski definition) is 0. The van der Waals surface area contributed by atoms with Gasteiger partial charge in [-0.2, -0.15) is 4.31 Å². The van der Waals surface area contributed by atoms with Crippen LogP contribution >= 0.6 is 0 Å². The third-order valence-corrected chi connectivity index (χ3v) is 5.35. The van der Waals surface area contributed by atoms with E-state index in [9.17, 15) is 13.2 Å². The van der Waals surface area contributed by atoms with Crippen molar-refractivity contribution in [3.05, 3.63) is 24.3 Å². The Bertz CT molecular complexity index is 596. The lowest BCUT2D eigenvalue weighted by molar-refractivity contribution is -0.146. The molecule has 1 aromatic carbocycles. The second-order valence-electron chi connectivity index (χ2n) is 4.70. The smallest absolute Gasteiger partial charge is 0.324 e. The molecule has 1 saturated heterocycles. The summed E-state index contributed by atoms with van der Waals surface area (Å²) in [6.45, 7) is 2.28. The van der Waals surface area contributed by atoms with E-state index in [2.05, 4.69) is 0 Å². The molecule has 1 atom stereocenters. The summed E-state index contributed by atoms with van der Waals surface area (Å²) in [6.07, 6.45) is 1.15. The molecule has 21 heavy (non-hydrogen) atoms. The predicted molar refractivity (Wildman–Crippen MR) is 76.5 cm³/mol. The number of sulfonamides is 1. The van der Waals surface area contributed by atoms with Crippen LogP contribution in [-0.4, -0.2) is 45.0 Å². The fourth-order valence-electron chi connectivity index (χ4n) is 2.38. The Hall–Kier alpha value is -1.60. The van der Waals surface area contributed by atoms with Gasteiger partial charge < -0.3 is 9.47 Å². The number of carbonyl (C=O) groups is 1. The molecule has 0 amide bonds. The van der Waals surface area contributed by atoms with Gasteiger partial charge >= 0.3 is 5.97 Å². The summed E-state index contributed by atoms with van der Waals surface area (Å²) in [5.41, 5.74) is 0. The van der Waals surface area contributed by atoms with Crippen LogP contribution in [0.15, 0.2) is 29.2 Å². The van der Waals surface area contributed by atoms with Crippen molar-refractivity contribution in [2.24, 2.45) is 0 Å². The summed E-state index contributed by atoms with van der Waals surface area (Å²) >= 11 is 0. The summed E-state index contributed by atoms with van der Waals surface area (Å²) in [5, 5.41) is 0. The average molecular weight is 313 g/mol. The summed E-state index contributed by atoms with van der Waals surface area (Å²) < 4.78 is 36.5. The number of rotatable bonds is 5. The molecule has 1 heterocycles. The van der Waals surface area contributed by atoms with Gasteiger partial charge in [0.2, 0.25) is 10.0 Å². The Morgan fingerprint density at radius 2 is 2.00 bits per heavy atom. The second kappa shape index (κ2) is 6.44. The first kappa shape index (κ1) is 15.8. The van der Waals surface area contributed by atoms with Crippen molar-refractivity contribution < 1.29 is 22.7 Å². The molecular weight excluding hydrogens is 294 g/mol. The fraction of sp³-hybridized carbons (Fsp3) is 0.500. The minimum Gasteiger partial charge on any atom is -0.497 e. The van der Waals surface area contributed by atoms with Gasteiger partial charge in [-0.15, -0.1) is 0 Å². The topological polar surface area (TPSA) is 72.9 Å². The SMILES string of the molecule is CCOC(=O)C1CCCN1S(=O)(=O)c1ccc(OC)cc1. The third kappa shape index (κ3) is 3.19. The van der Waals surface area contributed by atoms with E-state index in [0.717, 1.165) is 0 Å². The van der Waals surface area contributed by atoms with Crippen molar-refractivity contribution in [1.82, 2.24) is 4.31 Å². The molecule has 6 nitrogen and oxygen atoms in total. The standard InChI is InChI=1S/C14H19NO5S/c1-3-20-14(16)13-5-4-10-15(13)21(17,18)12-8-6-11(19-2)7-9-12/h6-9,13H,3-5,10H2,1-2H3. The normalized spacial score (nSPS) is 19.4. The zero-order valence-corrected chi connectivity index (χ0v) is 12.9. The van der Waals surface area contributed by atoms with Gasteiger partial charge in [0, 0.05) is 6.54 Å². The van der Waals surface area contributed by atoms with Gasteiger partial charge in [0.25, 0.3) is 0 Å². The summed E-state index contributed by atoms with van der Waals surface area (Å²) in [5.74, 6) is 0.101. The monoisotopic (exact) mass is 313 g/mol. The molecule has 2 rings (SSSR count). The van der Waals surface area contributed by atoms with Crippen LogP contribution in [0.5, 0.6) is 5.75 Å². The molecule has 0 saturated carbocycles. The van der Waals surface area contributed by atoms with Crippen LogP contribution in [0.25, 0.3) is 0 Å². The average Bonchev–Trinajstić information content (AvgIpc) is 2.98. The molecule has 0 aliphatic carbocycles. The van der Waals surface area contributed by atoms with Crippen LogP contribution in [-0.2, 0) is 19.6 Å². The largest absolute Gasteiger partial charge is 0.497 e. The Labute approximate surface area is 124 Å². The van der Waals surface area contributed by atoms with Gasteiger partial charge in [-0.3, -0.25) is 4.79 Å². The zero-order chi connectivity index (χ0) is 15.5. The minimum atomic E-state index is -3.70. The molecule has 0 N–H and O–H groups in total. The van der Waals surface area contributed by atoms with Gasteiger partial charge in [-0.25, -0.2) is 8.42 Å². The first-order valence-electron chi connectivity index (χ1n) is 6.83. The summed E-state index contributed by atoms with van der Waals surface area (Å²) in [4.78, 5) is 12.0. The number of carbonyl (C=O) groups excluding carboxylic acids is 1. The van der Waals surface area contributed by atoms with Crippen LogP contribution in [0.4, 0.5) is 0 Å². The Morgan fingerprint density at radius 3 is 2.57 bits per heavy atom. The maximum absolute atomic E-state index is 12.6. The summed E-state index contributed by atoms with van der Waals surface area (Å²) in [7, 11) is -2.18. The van der Waals surface area contributed by atoms with E-state index in [1.165, 1.54) is 23.5 Å². The van der Waals surface area contributed by atoms with Gasteiger partial charge in [-0.1, -0.05) is 0 Å². The Balaban J connectivity index is 2.26. The van der Waals surface area contributed by atoms with E-state index in [-0.39, 0.29) is 11.5 Å². The molecule has 1 aliphatic heterocycles. The fourth-order valence-corrected chi connectivity index (χ4v) is 4.03. The number of ether oxygens (including phenoxy) is 2. The lowest BCUT2D eigenvalue weighted by Crippen LogP contribution is -2.41. The first-order chi connectivity index (χ1) is 10.0. The van der Waals surface area contributed by atoms with E-state index in [1.54, 1.807) is 19.1 Å². The van der Waals surface area contributed by atoms with Gasteiger partial charge in [0.15, 0.2) is 0 Å². The lowest BCUT2D eigenvalue weighted by Gasteiger charge is -2.22. The van der Waals surface area contributed by atoms with Crippen molar-refractivity contribution in [3.8, 4) is 5.75 Å². The highest BCUT2D eigenvalue weighted by molar-refractivity contribution is 7.89. The highest BCUT2D eigenvalue weighted by Gasteiger charge is 2.40. The van der Waals surface area contributed by atoms with Crippen LogP contribution < -0.4 is 4.74 Å². The molecule has 0 radical (unpaired) electrons. The minimum absolute atomic E-state index is 0.152. The maximum atomic E-state index is 12.6. The van der Waals surface area contributed by atoms with Crippen molar-refractivity contribution in [1.29, 1.82) is 0 Å². The Morgan fingerprint density at radius 1 is 1.33 bits per heavy atom. The molecule has 1 aliphatic rings. The van der Waals surface area contributed by atoms with Crippen molar-refractivity contribution in [2.45, 2.75) is 30.7 Å². The number of hydrogen-bond acceptors (Lipinski definition) is 5. The van der Waals surface area contributed by atoms with E-state index in [0.29, 0.717) is 25.1 Å². The first-order valence-corrected chi connectivity index (χ1v) is 8.27. The summed E-state index contributed by atoms with van der Waals surface area (Å²) in [6, 6.07) is 5.41. The van der Waals surface area contributed by atoms with Crippen molar-refractivity contribution in [2.75, 3.05) is 20.3 Å². The van der Waals surface area contributed by atoms with E-state index in [1.807, 2.05) is 0 Å². The zero-order valence-electron chi connectivity index (χ0n) is 12.1. The van der Waals surface area contributed by atoms with E-state index >= 15 is 0 Å². The van der Waals surface area contributed by atoms with Crippen LogP contribution in [0.3, 0.4) is 0 Å². The van der Waals surface area contributed by atoms with Crippen LogP contribution in [0, 0.1) is 0 Å². The highest BCUT2D eigenvalue weighted by atomic mass is 32.2. The van der Waals surface area contributed by atoms with E-state index < -0.39 is 22.0 Å². The molecule has 1 aromatic rings. The molecular formula is C14H19NO5S. The Kier molecular flexibility index (Phi) is 4.84. The van der Waals surface area contributed by atoms with Crippen molar-refractivity contribution in [3.63, 3.8) is 0 Å². The molecule has 116 valence electrons. The third-order valence-electron chi connectivity index (χ3n) is 3.43. The highest BCUT2D eigenvalue weighted by Crippen LogP contribution is 2.27. The second-order valence-corrected chi connectivity index (χ2v) is 6.59. The molecule has 1 unspecified atom stereocenters. The molecule has 1 fully saturated rings. The lowest BCUT2D eigenvalue weighted by atomic mass is 10.2. The number of methoxy groups -OCH3 is 1. The molecule has 0 aromatic heterocycles. The van der Waals surface area contributed by atoms with Crippen LogP contribution in [0.2, 0.25) is 0 Å². The molecule has 0 bridgehead atoms. The van der Waals surface area contributed by atoms with Crippen molar-refractivity contribution >= 4 is 16.0 Å². The number of nitrogens with zero attached hydrogens (tertiary/aromatic N) is 1. The van der Waals surface area contributed by atoms with E-state index in [4.69, 9.17) is 9.47 Å². The van der Waals surface area contributed by atoms with Crippen LogP contribution in [0.1, 0.15) is 19.8 Å². The predicted octanol–water partition coefficient (Wildman–Crippen LogP) is 1.41. The number of benzene rings is 1. The van der Waals surface area contributed by atoms with Gasteiger partial charge in [0.1, 0.15) is 11.8 Å².